The molecule has 2 rings (SSSR count). The molecule has 0 unspecified atom stereocenters. The number of hydrogen-bond acceptors (Lipinski definition) is 3. The first-order chi connectivity index (χ1) is 10.2. The summed E-state index contributed by atoms with van der Waals surface area (Å²) in [5.74, 6) is 7.69. The molecule has 3 heteroatoms. The fourth-order valence-corrected chi connectivity index (χ4v) is 2.69. The van der Waals surface area contributed by atoms with Crippen molar-refractivity contribution in [3.05, 3.63) is 29.3 Å². The van der Waals surface area contributed by atoms with E-state index in [-0.39, 0.29) is 0 Å². The Morgan fingerprint density at radius 3 is 2.67 bits per heavy atom. The van der Waals surface area contributed by atoms with E-state index in [0.717, 1.165) is 35.6 Å². The summed E-state index contributed by atoms with van der Waals surface area (Å²) in [7, 11) is 1.67. The number of hydrogen-bond donors (Lipinski definition) is 1. The van der Waals surface area contributed by atoms with Crippen LogP contribution in [-0.4, -0.2) is 19.8 Å². The molecule has 0 saturated heterocycles. The standard InChI is InChI=1S/C18H25NO2/c1-14-5-8-17(9-6-14)21-13-16-12-18(20-2)10-7-15(16)4-3-11-19/h7,10,12,14,17H,5-6,8-9,11,13,19H2,1-2H3. The number of methoxy groups -OCH3 is 1. The highest BCUT2D eigenvalue weighted by molar-refractivity contribution is 5.45. The van der Waals surface area contributed by atoms with Gasteiger partial charge in [-0.1, -0.05) is 18.8 Å². The fourth-order valence-electron chi connectivity index (χ4n) is 2.69. The highest BCUT2D eigenvalue weighted by Crippen LogP contribution is 2.27. The van der Waals surface area contributed by atoms with Gasteiger partial charge in [-0.3, -0.25) is 0 Å². The van der Waals surface area contributed by atoms with E-state index >= 15 is 0 Å². The van der Waals surface area contributed by atoms with E-state index in [1.165, 1.54) is 12.8 Å². The maximum absolute atomic E-state index is 6.08. The van der Waals surface area contributed by atoms with Gasteiger partial charge in [0.25, 0.3) is 0 Å². The average molecular weight is 287 g/mol. The molecule has 0 amide bonds. The third-order valence-electron chi connectivity index (χ3n) is 4.07. The minimum atomic E-state index is 0.368. The maximum Gasteiger partial charge on any atom is 0.119 e. The molecule has 0 spiro atoms. The van der Waals surface area contributed by atoms with Crippen molar-refractivity contribution in [2.75, 3.05) is 13.7 Å². The highest BCUT2D eigenvalue weighted by Gasteiger charge is 2.18. The van der Waals surface area contributed by atoms with E-state index in [2.05, 4.69) is 18.8 Å². The predicted molar refractivity (Wildman–Crippen MR) is 85.1 cm³/mol. The minimum Gasteiger partial charge on any atom is -0.497 e. The molecule has 21 heavy (non-hydrogen) atoms. The summed E-state index contributed by atoms with van der Waals surface area (Å²) in [5, 5.41) is 0. The second-order valence-corrected chi connectivity index (χ2v) is 5.72. The molecule has 1 fully saturated rings. The first-order valence-electron chi connectivity index (χ1n) is 7.70. The van der Waals surface area contributed by atoms with Crippen LogP contribution in [0.15, 0.2) is 18.2 Å². The maximum atomic E-state index is 6.08. The van der Waals surface area contributed by atoms with Gasteiger partial charge >= 0.3 is 0 Å². The van der Waals surface area contributed by atoms with Gasteiger partial charge in [0.05, 0.1) is 26.4 Å². The van der Waals surface area contributed by atoms with Crippen LogP contribution in [0.2, 0.25) is 0 Å². The van der Waals surface area contributed by atoms with Crippen molar-refractivity contribution in [3.63, 3.8) is 0 Å². The quantitative estimate of drug-likeness (QED) is 0.865. The Bertz CT molecular complexity index is 508. The molecule has 1 aliphatic carbocycles. The summed E-state index contributed by atoms with van der Waals surface area (Å²) in [6.45, 7) is 3.27. The van der Waals surface area contributed by atoms with Crippen LogP contribution in [0.1, 0.15) is 43.7 Å². The van der Waals surface area contributed by atoms with Crippen molar-refractivity contribution in [1.29, 1.82) is 0 Å². The topological polar surface area (TPSA) is 44.5 Å². The van der Waals surface area contributed by atoms with Gasteiger partial charge in [0.15, 0.2) is 0 Å². The van der Waals surface area contributed by atoms with Gasteiger partial charge in [0, 0.05) is 5.56 Å². The molecule has 1 aliphatic rings. The molecule has 1 aromatic rings. The van der Waals surface area contributed by atoms with Gasteiger partial charge in [-0.2, -0.15) is 0 Å². The lowest BCUT2D eigenvalue weighted by Gasteiger charge is -2.26. The number of nitrogens with two attached hydrogens (primary N) is 1. The van der Waals surface area contributed by atoms with E-state index in [1.54, 1.807) is 7.11 Å². The number of ether oxygens (including phenoxy) is 2. The van der Waals surface area contributed by atoms with Gasteiger partial charge in [0.1, 0.15) is 5.75 Å². The first-order valence-corrected chi connectivity index (χ1v) is 7.70. The third kappa shape index (κ3) is 4.77. The zero-order valence-electron chi connectivity index (χ0n) is 13.0. The Balaban J connectivity index is 2.02. The van der Waals surface area contributed by atoms with Gasteiger partial charge in [-0.25, -0.2) is 0 Å². The normalized spacial score (nSPS) is 21.5. The molecular weight excluding hydrogens is 262 g/mol. The van der Waals surface area contributed by atoms with Crippen LogP contribution in [0.25, 0.3) is 0 Å². The van der Waals surface area contributed by atoms with Crippen molar-refractivity contribution >= 4 is 0 Å². The monoisotopic (exact) mass is 287 g/mol. The Hall–Kier alpha value is -1.50. The lowest BCUT2D eigenvalue weighted by atomic mass is 9.89. The van der Waals surface area contributed by atoms with Crippen molar-refractivity contribution in [3.8, 4) is 17.6 Å². The van der Waals surface area contributed by atoms with E-state index in [0.29, 0.717) is 19.3 Å². The number of rotatable bonds is 4. The van der Waals surface area contributed by atoms with Gasteiger partial charge < -0.3 is 15.2 Å². The first kappa shape index (κ1) is 15.9. The second-order valence-electron chi connectivity index (χ2n) is 5.72. The van der Waals surface area contributed by atoms with Gasteiger partial charge in [-0.05, 0) is 55.4 Å². The second kappa shape index (κ2) is 8.07. The van der Waals surface area contributed by atoms with Crippen LogP contribution in [0.3, 0.4) is 0 Å². The van der Waals surface area contributed by atoms with E-state index < -0.39 is 0 Å². The van der Waals surface area contributed by atoms with Crippen LogP contribution >= 0.6 is 0 Å². The van der Waals surface area contributed by atoms with Crippen LogP contribution in [-0.2, 0) is 11.3 Å². The van der Waals surface area contributed by atoms with Crippen molar-refractivity contribution in [2.45, 2.75) is 45.3 Å². The van der Waals surface area contributed by atoms with Gasteiger partial charge in [-0.15, -0.1) is 0 Å². The molecule has 3 nitrogen and oxygen atoms in total. The Morgan fingerprint density at radius 1 is 1.24 bits per heavy atom. The molecule has 0 bridgehead atoms. The third-order valence-corrected chi connectivity index (χ3v) is 4.07. The van der Waals surface area contributed by atoms with Crippen molar-refractivity contribution in [1.82, 2.24) is 0 Å². The van der Waals surface area contributed by atoms with Crippen LogP contribution < -0.4 is 10.5 Å². The summed E-state index contributed by atoms with van der Waals surface area (Å²) in [5.41, 5.74) is 7.51. The molecule has 0 aromatic heterocycles. The van der Waals surface area contributed by atoms with Crippen LogP contribution in [0.5, 0.6) is 5.75 Å². The Labute approximate surface area is 127 Å². The van der Waals surface area contributed by atoms with Crippen LogP contribution in [0.4, 0.5) is 0 Å². The zero-order valence-corrected chi connectivity index (χ0v) is 13.0. The van der Waals surface area contributed by atoms with Crippen molar-refractivity contribution < 1.29 is 9.47 Å². The highest BCUT2D eigenvalue weighted by atomic mass is 16.5. The lowest BCUT2D eigenvalue weighted by molar-refractivity contribution is 0.00863. The molecular formula is C18H25NO2. The smallest absolute Gasteiger partial charge is 0.119 e. The predicted octanol–water partition coefficient (Wildman–Crippen LogP) is 3.10. The zero-order chi connectivity index (χ0) is 15.1. The van der Waals surface area contributed by atoms with Crippen molar-refractivity contribution in [2.24, 2.45) is 11.7 Å². The molecule has 0 aliphatic heterocycles. The molecule has 0 atom stereocenters. The Morgan fingerprint density at radius 2 is 2.00 bits per heavy atom. The molecule has 0 heterocycles. The SMILES string of the molecule is COc1ccc(C#CCN)c(COC2CCC(C)CC2)c1. The largest absolute Gasteiger partial charge is 0.497 e. The molecule has 2 N–H and O–H groups in total. The molecule has 1 aromatic carbocycles. The van der Waals surface area contributed by atoms with E-state index in [1.807, 2.05) is 18.2 Å². The fraction of sp³-hybridized carbons (Fsp3) is 0.556. The molecule has 0 radical (unpaired) electrons. The lowest BCUT2D eigenvalue weighted by Crippen LogP contribution is -2.20. The average Bonchev–Trinajstić information content (AvgIpc) is 2.52. The summed E-state index contributed by atoms with van der Waals surface area (Å²) in [6, 6.07) is 5.90. The summed E-state index contributed by atoms with van der Waals surface area (Å²) < 4.78 is 11.4. The van der Waals surface area contributed by atoms with E-state index in [4.69, 9.17) is 15.2 Å². The molecule has 114 valence electrons. The summed E-state index contributed by atoms with van der Waals surface area (Å²) in [4.78, 5) is 0. The summed E-state index contributed by atoms with van der Waals surface area (Å²) in [6.07, 6.45) is 5.23. The molecule has 1 saturated carbocycles. The van der Waals surface area contributed by atoms with Crippen LogP contribution in [0, 0.1) is 17.8 Å². The number of benzene rings is 1. The summed E-state index contributed by atoms with van der Waals surface area (Å²) >= 11 is 0. The van der Waals surface area contributed by atoms with Gasteiger partial charge in [0.2, 0.25) is 0 Å². The minimum absolute atomic E-state index is 0.368. The van der Waals surface area contributed by atoms with E-state index in [9.17, 15) is 0 Å². The Kier molecular flexibility index (Phi) is 6.10.